The molecule has 2 aromatic heterocycles. The summed E-state index contributed by atoms with van der Waals surface area (Å²) < 4.78 is 5.55. The maximum Gasteiger partial charge on any atom is 0.336 e. The van der Waals surface area contributed by atoms with Crippen LogP contribution in [-0.2, 0) is 0 Å². The Morgan fingerprint density at radius 2 is 1.86 bits per heavy atom. The molecule has 2 aromatic rings. The first-order chi connectivity index (χ1) is 10.7. The van der Waals surface area contributed by atoms with E-state index in [4.69, 9.17) is 4.74 Å². The Balaban J connectivity index is 1.70. The summed E-state index contributed by atoms with van der Waals surface area (Å²) in [6.45, 7) is 0.951. The van der Waals surface area contributed by atoms with Gasteiger partial charge in [0.25, 0.3) is 0 Å². The zero-order chi connectivity index (χ0) is 15.4. The molecule has 0 bridgehead atoms. The van der Waals surface area contributed by atoms with E-state index in [1.807, 2.05) is 14.1 Å². The minimum atomic E-state index is 0.234. The second-order valence-electron chi connectivity index (χ2n) is 5.22. The van der Waals surface area contributed by atoms with E-state index < -0.39 is 0 Å². The summed E-state index contributed by atoms with van der Waals surface area (Å²) in [5.74, 6) is 0.899. The van der Waals surface area contributed by atoms with Gasteiger partial charge in [0.05, 0.1) is 12.4 Å². The lowest BCUT2D eigenvalue weighted by Crippen LogP contribution is -2.15. The topological polar surface area (TPSA) is 89.8 Å². The molecule has 9 heteroatoms. The summed E-state index contributed by atoms with van der Waals surface area (Å²) in [5.41, 5.74) is 1.22. The van der Waals surface area contributed by atoms with E-state index in [1.54, 1.807) is 24.2 Å². The van der Waals surface area contributed by atoms with Crippen molar-refractivity contribution in [1.29, 1.82) is 0 Å². The SMILES string of the molecule is CN(C)CCSc1nncc(-c2cnnc(OC3CC3)n2)n1. The van der Waals surface area contributed by atoms with Gasteiger partial charge in [0.2, 0.25) is 5.16 Å². The smallest absolute Gasteiger partial charge is 0.336 e. The minimum absolute atomic E-state index is 0.234. The lowest BCUT2D eigenvalue weighted by Gasteiger charge is -2.08. The van der Waals surface area contributed by atoms with Crippen LogP contribution in [0.5, 0.6) is 6.01 Å². The molecule has 8 nitrogen and oxygen atoms in total. The Bertz CT molecular complexity index is 635. The molecule has 0 amide bonds. The minimum Gasteiger partial charge on any atom is -0.459 e. The van der Waals surface area contributed by atoms with Crippen LogP contribution in [0.2, 0.25) is 0 Å². The Kier molecular flexibility index (Phi) is 4.74. The van der Waals surface area contributed by atoms with Gasteiger partial charge in [0, 0.05) is 12.3 Å². The lowest BCUT2D eigenvalue weighted by atomic mass is 10.3. The summed E-state index contributed by atoms with van der Waals surface area (Å²) in [7, 11) is 4.06. The van der Waals surface area contributed by atoms with Crippen molar-refractivity contribution in [3.63, 3.8) is 0 Å². The van der Waals surface area contributed by atoms with Gasteiger partial charge in [-0.25, -0.2) is 4.98 Å². The Hall–Kier alpha value is -1.87. The highest BCUT2D eigenvalue weighted by Gasteiger charge is 2.25. The van der Waals surface area contributed by atoms with Crippen LogP contribution in [0.15, 0.2) is 17.6 Å². The van der Waals surface area contributed by atoms with E-state index >= 15 is 0 Å². The molecule has 0 radical (unpaired) electrons. The highest BCUT2D eigenvalue weighted by molar-refractivity contribution is 7.99. The molecule has 0 atom stereocenters. The summed E-state index contributed by atoms with van der Waals surface area (Å²) in [6, 6.07) is 0.292. The van der Waals surface area contributed by atoms with Crippen molar-refractivity contribution in [2.75, 3.05) is 26.4 Å². The molecule has 0 N–H and O–H groups in total. The molecule has 1 fully saturated rings. The number of rotatable bonds is 7. The molecule has 0 aromatic carbocycles. The van der Waals surface area contributed by atoms with Gasteiger partial charge in [-0.1, -0.05) is 16.9 Å². The van der Waals surface area contributed by atoms with Crippen molar-refractivity contribution in [3.05, 3.63) is 12.4 Å². The third kappa shape index (κ3) is 4.31. The Morgan fingerprint density at radius 1 is 1.14 bits per heavy atom. The van der Waals surface area contributed by atoms with Crippen LogP contribution in [0.3, 0.4) is 0 Å². The third-order valence-electron chi connectivity index (χ3n) is 2.91. The molecule has 0 spiro atoms. The number of thioether (sulfide) groups is 1. The van der Waals surface area contributed by atoms with Gasteiger partial charge < -0.3 is 9.64 Å². The molecule has 1 aliphatic carbocycles. The van der Waals surface area contributed by atoms with Crippen molar-refractivity contribution in [1.82, 2.24) is 35.3 Å². The van der Waals surface area contributed by atoms with Crippen LogP contribution >= 0.6 is 11.8 Å². The van der Waals surface area contributed by atoms with E-state index in [1.165, 1.54) is 0 Å². The summed E-state index contributed by atoms with van der Waals surface area (Å²) in [6.07, 6.45) is 5.46. The number of hydrogen-bond donors (Lipinski definition) is 0. The van der Waals surface area contributed by atoms with Crippen molar-refractivity contribution in [2.45, 2.75) is 24.1 Å². The van der Waals surface area contributed by atoms with Crippen molar-refractivity contribution in [3.8, 4) is 17.4 Å². The molecule has 1 aliphatic rings. The average Bonchev–Trinajstić information content (AvgIpc) is 3.31. The van der Waals surface area contributed by atoms with Crippen LogP contribution in [-0.4, -0.2) is 67.8 Å². The fourth-order valence-corrected chi connectivity index (χ4v) is 2.49. The van der Waals surface area contributed by atoms with Crippen molar-refractivity contribution >= 4 is 11.8 Å². The van der Waals surface area contributed by atoms with Crippen LogP contribution in [0.4, 0.5) is 0 Å². The van der Waals surface area contributed by atoms with Gasteiger partial charge in [-0.2, -0.15) is 15.2 Å². The molecule has 0 saturated heterocycles. The molecule has 3 rings (SSSR count). The van der Waals surface area contributed by atoms with Gasteiger partial charge >= 0.3 is 6.01 Å². The second kappa shape index (κ2) is 6.93. The molecule has 2 heterocycles. The van der Waals surface area contributed by atoms with Crippen molar-refractivity contribution in [2.24, 2.45) is 0 Å². The number of ether oxygens (including phenoxy) is 1. The third-order valence-corrected chi connectivity index (χ3v) is 3.73. The van der Waals surface area contributed by atoms with Crippen molar-refractivity contribution < 1.29 is 4.74 Å². The second-order valence-corrected chi connectivity index (χ2v) is 6.28. The first kappa shape index (κ1) is 15.0. The first-order valence-corrected chi connectivity index (χ1v) is 8.03. The first-order valence-electron chi connectivity index (χ1n) is 7.05. The fourth-order valence-electron chi connectivity index (χ4n) is 1.59. The Morgan fingerprint density at radius 3 is 2.59 bits per heavy atom. The summed E-state index contributed by atoms with van der Waals surface area (Å²) in [4.78, 5) is 10.9. The maximum absolute atomic E-state index is 5.55. The van der Waals surface area contributed by atoms with Gasteiger partial charge in [-0.3, -0.25) is 0 Å². The quantitative estimate of drug-likeness (QED) is 0.691. The van der Waals surface area contributed by atoms with Gasteiger partial charge in [0.1, 0.15) is 17.5 Å². The maximum atomic E-state index is 5.55. The molecule has 0 unspecified atom stereocenters. The number of aromatic nitrogens is 6. The van der Waals surface area contributed by atoms with E-state index in [0.29, 0.717) is 22.6 Å². The summed E-state index contributed by atoms with van der Waals surface area (Å²) >= 11 is 1.56. The predicted molar refractivity (Wildman–Crippen MR) is 81.6 cm³/mol. The summed E-state index contributed by atoms with van der Waals surface area (Å²) in [5, 5.41) is 16.4. The highest BCUT2D eigenvalue weighted by Crippen LogP contribution is 2.25. The molecule has 22 heavy (non-hydrogen) atoms. The lowest BCUT2D eigenvalue weighted by molar-refractivity contribution is 0.274. The normalized spacial score (nSPS) is 14.3. The van der Waals surface area contributed by atoms with Crippen LogP contribution in [0, 0.1) is 0 Å². The van der Waals surface area contributed by atoms with Crippen LogP contribution < -0.4 is 4.74 Å². The highest BCUT2D eigenvalue weighted by atomic mass is 32.2. The zero-order valence-corrected chi connectivity index (χ0v) is 13.3. The molecular formula is C13H17N7OS. The van der Waals surface area contributed by atoms with E-state index in [0.717, 1.165) is 25.1 Å². The van der Waals surface area contributed by atoms with Gasteiger partial charge in [-0.15, -0.1) is 5.10 Å². The zero-order valence-electron chi connectivity index (χ0n) is 12.5. The van der Waals surface area contributed by atoms with E-state index in [2.05, 4.69) is 35.3 Å². The van der Waals surface area contributed by atoms with E-state index in [-0.39, 0.29) is 6.10 Å². The number of nitrogens with zero attached hydrogens (tertiary/aromatic N) is 7. The predicted octanol–water partition coefficient (Wildman–Crippen LogP) is 0.918. The standard InChI is InChI=1S/C13H17N7OS/c1-20(2)5-6-22-13-17-11(8-15-19-13)10-7-14-18-12(16-10)21-9-3-4-9/h7-9H,3-6H2,1-2H3. The van der Waals surface area contributed by atoms with E-state index in [9.17, 15) is 0 Å². The average molecular weight is 319 g/mol. The van der Waals surface area contributed by atoms with Gasteiger partial charge in [0.15, 0.2) is 0 Å². The molecular weight excluding hydrogens is 302 g/mol. The largest absolute Gasteiger partial charge is 0.459 e. The Labute approximate surface area is 132 Å². The number of hydrogen-bond acceptors (Lipinski definition) is 9. The molecule has 0 aliphatic heterocycles. The van der Waals surface area contributed by atoms with Crippen LogP contribution in [0.25, 0.3) is 11.4 Å². The van der Waals surface area contributed by atoms with Crippen LogP contribution in [0.1, 0.15) is 12.8 Å². The molecule has 1 saturated carbocycles. The van der Waals surface area contributed by atoms with Gasteiger partial charge in [-0.05, 0) is 26.9 Å². The monoisotopic (exact) mass is 319 g/mol. The molecule has 116 valence electrons. The fraction of sp³-hybridized carbons (Fsp3) is 0.538.